The molecule has 7 heteroatoms. The maximum absolute atomic E-state index is 12.4. The fourth-order valence-corrected chi connectivity index (χ4v) is 5.16. The molecule has 2 saturated heterocycles. The lowest BCUT2D eigenvalue weighted by Crippen LogP contribution is -2.40. The van der Waals surface area contributed by atoms with Crippen LogP contribution < -0.4 is 5.32 Å². The van der Waals surface area contributed by atoms with Gasteiger partial charge in [0.15, 0.2) is 0 Å². The summed E-state index contributed by atoms with van der Waals surface area (Å²) in [4.78, 5) is 30.0. The molecular weight excluding hydrogens is 370 g/mol. The number of carbonyl (C=O) groups is 2. The molecule has 5 nitrogen and oxygen atoms in total. The molecule has 0 radical (unpaired) electrons. The first-order chi connectivity index (χ1) is 12.6. The predicted octanol–water partition coefficient (Wildman–Crippen LogP) is 2.74. The lowest BCUT2D eigenvalue weighted by molar-refractivity contribution is -0.129. The van der Waals surface area contributed by atoms with Crippen molar-refractivity contribution in [3.05, 3.63) is 21.3 Å². The minimum absolute atomic E-state index is 0.0642. The van der Waals surface area contributed by atoms with Crippen molar-refractivity contribution in [3.63, 3.8) is 0 Å². The molecule has 1 aromatic heterocycles. The van der Waals surface area contributed by atoms with E-state index in [4.69, 9.17) is 11.6 Å². The van der Waals surface area contributed by atoms with Crippen LogP contribution in [0.15, 0.2) is 11.4 Å². The highest BCUT2D eigenvalue weighted by molar-refractivity contribution is 7.10. The summed E-state index contributed by atoms with van der Waals surface area (Å²) in [5.74, 6) is 0.609. The molecule has 3 aliphatic rings. The second-order valence-electron chi connectivity index (χ2n) is 7.83. The third-order valence-corrected chi connectivity index (χ3v) is 7.22. The first-order valence-corrected chi connectivity index (χ1v) is 10.9. The summed E-state index contributed by atoms with van der Waals surface area (Å²) in [6.45, 7) is 4.38. The average Bonchev–Trinajstić information content (AvgIpc) is 3.30. The van der Waals surface area contributed by atoms with Crippen molar-refractivity contribution in [1.82, 2.24) is 15.1 Å². The van der Waals surface area contributed by atoms with Gasteiger partial charge in [-0.05, 0) is 56.1 Å². The van der Waals surface area contributed by atoms with E-state index in [1.54, 1.807) is 11.3 Å². The van der Waals surface area contributed by atoms with Crippen molar-refractivity contribution in [2.75, 3.05) is 26.2 Å². The Kier molecular flexibility index (Phi) is 5.53. The maximum atomic E-state index is 12.4. The molecule has 2 amide bonds. The number of piperidine rings is 1. The van der Waals surface area contributed by atoms with Gasteiger partial charge in [-0.2, -0.15) is 0 Å². The third kappa shape index (κ3) is 4.24. The van der Waals surface area contributed by atoms with E-state index in [0.717, 1.165) is 56.9 Å². The van der Waals surface area contributed by atoms with Crippen LogP contribution in [0.1, 0.15) is 37.0 Å². The summed E-state index contributed by atoms with van der Waals surface area (Å²) in [6, 6.07) is 2.38. The van der Waals surface area contributed by atoms with Crippen molar-refractivity contribution in [2.24, 2.45) is 11.8 Å². The minimum Gasteiger partial charge on any atom is -0.356 e. The van der Waals surface area contributed by atoms with Crippen LogP contribution in [0.2, 0.25) is 5.02 Å². The summed E-state index contributed by atoms with van der Waals surface area (Å²) in [5, 5.41) is 6.02. The molecule has 3 heterocycles. The van der Waals surface area contributed by atoms with Gasteiger partial charge >= 0.3 is 0 Å². The zero-order valence-electron chi connectivity index (χ0n) is 15.0. The summed E-state index contributed by atoms with van der Waals surface area (Å²) >= 11 is 7.90. The molecule has 3 fully saturated rings. The number of amides is 2. The topological polar surface area (TPSA) is 52.7 Å². The molecule has 0 spiro atoms. The number of nitrogens with one attached hydrogen (secondary N) is 1. The van der Waals surface area contributed by atoms with Gasteiger partial charge in [-0.3, -0.25) is 14.5 Å². The lowest BCUT2D eigenvalue weighted by Gasteiger charge is -2.32. The smallest absolute Gasteiger partial charge is 0.225 e. The van der Waals surface area contributed by atoms with E-state index in [-0.39, 0.29) is 17.7 Å². The van der Waals surface area contributed by atoms with Gasteiger partial charge in [-0.25, -0.2) is 0 Å². The fraction of sp³-hybridized carbons (Fsp3) is 0.684. The van der Waals surface area contributed by atoms with Crippen LogP contribution in [-0.4, -0.2) is 53.8 Å². The van der Waals surface area contributed by atoms with E-state index < -0.39 is 0 Å². The van der Waals surface area contributed by atoms with E-state index in [9.17, 15) is 9.59 Å². The monoisotopic (exact) mass is 395 g/mol. The number of nitrogens with zero attached hydrogens (tertiary/aromatic N) is 2. The van der Waals surface area contributed by atoms with Crippen LogP contribution in [0.3, 0.4) is 0 Å². The van der Waals surface area contributed by atoms with Crippen molar-refractivity contribution in [3.8, 4) is 0 Å². The molecule has 1 aliphatic carbocycles. The SMILES string of the molecule is O=C(NCC1CCN(Cc2sccc2Cl)CC1)C1CC(=O)N(C2CC2)C1. The molecular formula is C19H26ClN3O2S. The Morgan fingerprint density at radius 3 is 2.69 bits per heavy atom. The van der Waals surface area contributed by atoms with Crippen molar-refractivity contribution in [1.29, 1.82) is 0 Å². The van der Waals surface area contributed by atoms with E-state index in [1.807, 2.05) is 16.3 Å². The zero-order chi connectivity index (χ0) is 18.1. The third-order valence-electron chi connectivity index (χ3n) is 5.85. The summed E-state index contributed by atoms with van der Waals surface area (Å²) < 4.78 is 0. The molecule has 1 aromatic rings. The Morgan fingerprint density at radius 2 is 2.04 bits per heavy atom. The Bertz CT molecular complexity index is 667. The molecule has 1 N–H and O–H groups in total. The Morgan fingerprint density at radius 1 is 1.27 bits per heavy atom. The summed E-state index contributed by atoms with van der Waals surface area (Å²) in [5.41, 5.74) is 0. The van der Waals surface area contributed by atoms with Crippen molar-refractivity contribution < 1.29 is 9.59 Å². The fourth-order valence-electron chi connectivity index (χ4n) is 4.03. The predicted molar refractivity (Wildman–Crippen MR) is 103 cm³/mol. The first kappa shape index (κ1) is 18.3. The highest BCUT2D eigenvalue weighted by atomic mass is 35.5. The minimum atomic E-state index is -0.149. The van der Waals surface area contributed by atoms with Gasteiger partial charge in [0.1, 0.15) is 0 Å². The number of likely N-dealkylation sites (tertiary alicyclic amines) is 2. The van der Waals surface area contributed by atoms with Gasteiger partial charge in [-0.15, -0.1) is 11.3 Å². The van der Waals surface area contributed by atoms with E-state index in [2.05, 4.69) is 10.2 Å². The Labute approximate surface area is 163 Å². The highest BCUT2D eigenvalue weighted by Gasteiger charge is 2.41. The number of thiophene rings is 1. The molecule has 4 rings (SSSR count). The lowest BCUT2D eigenvalue weighted by atomic mass is 9.96. The highest BCUT2D eigenvalue weighted by Crippen LogP contribution is 2.32. The molecule has 26 heavy (non-hydrogen) atoms. The Balaban J connectivity index is 1.17. The number of carbonyl (C=O) groups excluding carboxylic acids is 2. The van der Waals surface area contributed by atoms with Crippen LogP contribution in [0.4, 0.5) is 0 Å². The summed E-state index contributed by atoms with van der Waals surface area (Å²) in [7, 11) is 0. The largest absolute Gasteiger partial charge is 0.356 e. The molecule has 1 saturated carbocycles. The normalized spacial score (nSPS) is 25.0. The van der Waals surface area contributed by atoms with Crippen LogP contribution in [0.5, 0.6) is 0 Å². The average molecular weight is 396 g/mol. The quantitative estimate of drug-likeness (QED) is 0.805. The molecule has 0 bridgehead atoms. The molecule has 1 unspecified atom stereocenters. The van der Waals surface area contributed by atoms with Crippen molar-refractivity contribution in [2.45, 2.75) is 44.7 Å². The van der Waals surface area contributed by atoms with Gasteiger partial charge in [0, 0.05) is 37.0 Å². The van der Waals surface area contributed by atoms with Crippen LogP contribution in [0, 0.1) is 11.8 Å². The van der Waals surface area contributed by atoms with Crippen molar-refractivity contribution >= 4 is 34.8 Å². The zero-order valence-corrected chi connectivity index (χ0v) is 16.5. The van der Waals surface area contributed by atoms with Gasteiger partial charge < -0.3 is 10.2 Å². The number of hydrogen-bond acceptors (Lipinski definition) is 4. The second kappa shape index (κ2) is 7.87. The number of rotatable bonds is 6. The van der Waals surface area contributed by atoms with E-state index in [1.165, 1.54) is 4.88 Å². The standard InChI is InChI=1S/C19H26ClN3O2S/c20-16-5-8-26-17(16)12-22-6-3-13(4-7-22)10-21-19(25)14-9-18(24)23(11-14)15-1-2-15/h5,8,13-15H,1-4,6-7,9-12H2,(H,21,25). The second-order valence-corrected chi connectivity index (χ2v) is 9.24. The van der Waals surface area contributed by atoms with Crippen LogP contribution >= 0.6 is 22.9 Å². The molecule has 1 atom stereocenters. The van der Waals surface area contributed by atoms with Crippen LogP contribution in [0.25, 0.3) is 0 Å². The van der Waals surface area contributed by atoms with E-state index >= 15 is 0 Å². The Hall–Kier alpha value is -1.11. The van der Waals surface area contributed by atoms with Gasteiger partial charge in [0.2, 0.25) is 11.8 Å². The molecule has 2 aliphatic heterocycles. The number of halogens is 1. The first-order valence-electron chi connectivity index (χ1n) is 9.61. The molecule has 142 valence electrons. The number of hydrogen-bond donors (Lipinski definition) is 1. The van der Waals surface area contributed by atoms with Crippen LogP contribution in [-0.2, 0) is 16.1 Å². The van der Waals surface area contributed by atoms with Gasteiger partial charge in [-0.1, -0.05) is 11.6 Å². The van der Waals surface area contributed by atoms with Gasteiger partial charge in [0.05, 0.1) is 10.9 Å². The maximum Gasteiger partial charge on any atom is 0.225 e. The van der Waals surface area contributed by atoms with Gasteiger partial charge in [0.25, 0.3) is 0 Å². The summed E-state index contributed by atoms with van der Waals surface area (Å²) in [6.07, 6.45) is 4.80. The van der Waals surface area contributed by atoms with E-state index in [0.29, 0.717) is 24.9 Å². The molecule has 0 aromatic carbocycles.